The molecule has 1 N–H and O–H groups in total. The van der Waals surface area contributed by atoms with Gasteiger partial charge in [-0.1, -0.05) is 6.92 Å². The molecule has 0 aliphatic heterocycles. The lowest BCUT2D eigenvalue weighted by Gasteiger charge is -2.03. The van der Waals surface area contributed by atoms with Crippen LogP contribution in [0.25, 0.3) is 0 Å². The molecule has 1 rings (SSSR count). The molecule has 0 atom stereocenters. The van der Waals surface area contributed by atoms with Crippen LogP contribution in [0.4, 0.5) is 0 Å². The molecule has 3 heteroatoms. The van der Waals surface area contributed by atoms with Crippen molar-refractivity contribution in [3.63, 3.8) is 0 Å². The fraction of sp³-hybridized carbons (Fsp3) is 0.667. The maximum absolute atomic E-state index is 4.47. The van der Waals surface area contributed by atoms with Crippen molar-refractivity contribution in [2.75, 3.05) is 7.05 Å². The van der Waals surface area contributed by atoms with Gasteiger partial charge in [0, 0.05) is 20.0 Å². The van der Waals surface area contributed by atoms with E-state index in [9.17, 15) is 0 Å². The minimum absolute atomic E-state index is 0.898. The summed E-state index contributed by atoms with van der Waals surface area (Å²) in [6.45, 7) is 5.09. The van der Waals surface area contributed by atoms with E-state index in [1.165, 1.54) is 5.69 Å². The van der Waals surface area contributed by atoms with Gasteiger partial charge in [-0.2, -0.15) is 0 Å². The van der Waals surface area contributed by atoms with Gasteiger partial charge in [0.1, 0.15) is 5.82 Å². The molecule has 0 radical (unpaired) electrons. The monoisotopic (exact) mass is 167 g/mol. The standard InChI is InChI=1S/C9H17N3/c1-5-9-11-7(2)8(6-10-3)12(9)4/h10H,5-6H2,1-4H3. The van der Waals surface area contributed by atoms with Crippen LogP contribution in [0.5, 0.6) is 0 Å². The quantitative estimate of drug-likeness (QED) is 0.728. The lowest BCUT2D eigenvalue weighted by molar-refractivity contribution is 0.705. The molecule has 1 heterocycles. The molecule has 1 aromatic heterocycles. The average molecular weight is 167 g/mol. The van der Waals surface area contributed by atoms with Crippen molar-refractivity contribution < 1.29 is 0 Å². The number of rotatable bonds is 3. The molecule has 0 aliphatic carbocycles. The highest BCUT2D eigenvalue weighted by Crippen LogP contribution is 2.09. The van der Waals surface area contributed by atoms with Gasteiger partial charge >= 0.3 is 0 Å². The largest absolute Gasteiger partial charge is 0.334 e. The second-order valence-corrected chi connectivity index (χ2v) is 3.00. The van der Waals surface area contributed by atoms with Gasteiger partial charge in [-0.25, -0.2) is 4.98 Å². The van der Waals surface area contributed by atoms with E-state index in [1.54, 1.807) is 0 Å². The number of imidazole rings is 1. The predicted molar refractivity (Wildman–Crippen MR) is 50.1 cm³/mol. The van der Waals surface area contributed by atoms with Crippen molar-refractivity contribution in [1.29, 1.82) is 0 Å². The Morgan fingerprint density at radius 3 is 2.58 bits per heavy atom. The maximum Gasteiger partial charge on any atom is 0.108 e. The summed E-state index contributed by atoms with van der Waals surface area (Å²) in [6.07, 6.45) is 1.00. The number of hydrogen-bond acceptors (Lipinski definition) is 2. The van der Waals surface area contributed by atoms with Crippen LogP contribution in [0, 0.1) is 6.92 Å². The molecule has 0 fully saturated rings. The summed E-state index contributed by atoms with van der Waals surface area (Å²) in [4.78, 5) is 4.47. The van der Waals surface area contributed by atoms with E-state index < -0.39 is 0 Å². The zero-order valence-corrected chi connectivity index (χ0v) is 8.31. The molecule has 3 nitrogen and oxygen atoms in total. The summed E-state index contributed by atoms with van der Waals surface area (Å²) in [5.41, 5.74) is 2.43. The number of hydrogen-bond donors (Lipinski definition) is 1. The molecule has 12 heavy (non-hydrogen) atoms. The SMILES string of the molecule is CCc1nc(C)c(CNC)n1C. The first-order chi connectivity index (χ1) is 5.70. The summed E-state index contributed by atoms with van der Waals surface area (Å²) in [6, 6.07) is 0. The fourth-order valence-corrected chi connectivity index (χ4v) is 1.46. The number of nitrogens with zero attached hydrogens (tertiary/aromatic N) is 2. The van der Waals surface area contributed by atoms with Gasteiger partial charge < -0.3 is 9.88 Å². The Balaban J connectivity index is 3.01. The maximum atomic E-state index is 4.47. The Morgan fingerprint density at radius 2 is 2.17 bits per heavy atom. The Labute approximate surface area is 73.8 Å². The second kappa shape index (κ2) is 3.72. The normalized spacial score (nSPS) is 10.7. The number of aromatic nitrogens is 2. The molecule has 0 bridgehead atoms. The highest BCUT2D eigenvalue weighted by molar-refractivity contribution is 5.15. The van der Waals surface area contributed by atoms with Gasteiger partial charge in [-0.15, -0.1) is 0 Å². The first kappa shape index (κ1) is 9.26. The molecular formula is C9H17N3. The summed E-state index contributed by atoms with van der Waals surface area (Å²) in [5.74, 6) is 1.16. The van der Waals surface area contributed by atoms with E-state index >= 15 is 0 Å². The average Bonchev–Trinajstić information content (AvgIpc) is 2.32. The Morgan fingerprint density at radius 1 is 1.50 bits per heavy atom. The molecule has 0 unspecified atom stereocenters. The second-order valence-electron chi connectivity index (χ2n) is 3.00. The van der Waals surface area contributed by atoms with Gasteiger partial charge in [0.2, 0.25) is 0 Å². The van der Waals surface area contributed by atoms with Crippen LogP contribution in [-0.4, -0.2) is 16.6 Å². The van der Waals surface area contributed by atoms with Gasteiger partial charge in [0.05, 0.1) is 11.4 Å². The molecule has 1 aromatic rings. The third kappa shape index (κ3) is 1.50. The molecule has 68 valence electrons. The third-order valence-corrected chi connectivity index (χ3v) is 2.17. The molecule has 0 saturated heterocycles. The van der Waals surface area contributed by atoms with Crippen molar-refractivity contribution in [2.45, 2.75) is 26.8 Å². The molecule has 0 aromatic carbocycles. The summed E-state index contributed by atoms with van der Waals surface area (Å²) in [5, 5.41) is 3.14. The summed E-state index contributed by atoms with van der Waals surface area (Å²) < 4.78 is 2.17. The molecule has 0 aliphatic rings. The van der Waals surface area contributed by atoms with E-state index in [0.29, 0.717) is 0 Å². The Kier molecular flexibility index (Phi) is 2.87. The third-order valence-electron chi connectivity index (χ3n) is 2.17. The van der Waals surface area contributed by atoms with E-state index in [1.807, 2.05) is 7.05 Å². The van der Waals surface area contributed by atoms with Crippen molar-refractivity contribution in [3.8, 4) is 0 Å². The fourth-order valence-electron chi connectivity index (χ4n) is 1.46. The summed E-state index contributed by atoms with van der Waals surface area (Å²) >= 11 is 0. The van der Waals surface area contributed by atoms with Crippen LogP contribution in [0.1, 0.15) is 24.1 Å². The first-order valence-electron chi connectivity index (χ1n) is 4.36. The van der Waals surface area contributed by atoms with Crippen LogP contribution in [-0.2, 0) is 20.0 Å². The highest BCUT2D eigenvalue weighted by Gasteiger charge is 2.07. The van der Waals surface area contributed by atoms with Gasteiger partial charge in [0.25, 0.3) is 0 Å². The van der Waals surface area contributed by atoms with Crippen molar-refractivity contribution >= 4 is 0 Å². The Hall–Kier alpha value is -0.830. The predicted octanol–water partition coefficient (Wildman–Crippen LogP) is 1.01. The van der Waals surface area contributed by atoms with Crippen molar-refractivity contribution in [2.24, 2.45) is 7.05 Å². The lowest BCUT2D eigenvalue weighted by Crippen LogP contribution is -2.11. The van der Waals surface area contributed by atoms with E-state index in [2.05, 4.69) is 35.8 Å². The van der Waals surface area contributed by atoms with Crippen molar-refractivity contribution in [1.82, 2.24) is 14.9 Å². The molecular weight excluding hydrogens is 150 g/mol. The first-order valence-corrected chi connectivity index (χ1v) is 4.36. The smallest absolute Gasteiger partial charge is 0.108 e. The van der Waals surface area contributed by atoms with Gasteiger partial charge in [-0.3, -0.25) is 0 Å². The minimum Gasteiger partial charge on any atom is -0.334 e. The van der Waals surface area contributed by atoms with Crippen LogP contribution >= 0.6 is 0 Å². The van der Waals surface area contributed by atoms with Crippen LogP contribution in [0.3, 0.4) is 0 Å². The van der Waals surface area contributed by atoms with E-state index in [4.69, 9.17) is 0 Å². The minimum atomic E-state index is 0.898. The molecule has 0 amide bonds. The van der Waals surface area contributed by atoms with Crippen LogP contribution in [0.15, 0.2) is 0 Å². The van der Waals surface area contributed by atoms with E-state index in [0.717, 1.165) is 24.5 Å². The van der Waals surface area contributed by atoms with Crippen molar-refractivity contribution in [3.05, 3.63) is 17.2 Å². The number of aryl methyl sites for hydroxylation is 2. The van der Waals surface area contributed by atoms with Crippen LogP contribution < -0.4 is 5.32 Å². The Bertz CT molecular complexity index is 263. The molecule has 0 saturated carbocycles. The van der Waals surface area contributed by atoms with Crippen LogP contribution in [0.2, 0.25) is 0 Å². The highest BCUT2D eigenvalue weighted by atomic mass is 15.1. The number of nitrogens with one attached hydrogen (secondary N) is 1. The zero-order valence-electron chi connectivity index (χ0n) is 8.31. The zero-order chi connectivity index (χ0) is 9.14. The van der Waals surface area contributed by atoms with E-state index in [-0.39, 0.29) is 0 Å². The topological polar surface area (TPSA) is 29.9 Å². The summed E-state index contributed by atoms with van der Waals surface area (Å²) in [7, 11) is 4.03. The lowest BCUT2D eigenvalue weighted by atomic mass is 10.3. The van der Waals surface area contributed by atoms with Gasteiger partial charge in [-0.05, 0) is 14.0 Å². The van der Waals surface area contributed by atoms with Gasteiger partial charge in [0.15, 0.2) is 0 Å². The molecule has 0 spiro atoms.